The third-order valence-electron chi connectivity index (χ3n) is 2.44. The van der Waals surface area contributed by atoms with Crippen molar-refractivity contribution in [2.45, 2.75) is 0 Å². The standard InChI is InChI=1S/C14H11NO5/c16-12-8-9(13(17)18)6-7-11(12)15-14(19)20-10-4-2-1-3-5-10/h1-8,16H,(H,15,19)(H,17,18). The number of amides is 1. The normalized spacial score (nSPS) is 9.80. The third kappa shape index (κ3) is 3.26. The van der Waals surface area contributed by atoms with Crippen LogP contribution in [0.25, 0.3) is 0 Å². The van der Waals surface area contributed by atoms with Gasteiger partial charge in [-0.05, 0) is 30.3 Å². The second kappa shape index (κ2) is 5.75. The summed E-state index contributed by atoms with van der Waals surface area (Å²) in [5.74, 6) is -1.17. The number of hydrogen-bond donors (Lipinski definition) is 3. The average molecular weight is 273 g/mol. The van der Waals surface area contributed by atoms with Crippen LogP contribution in [-0.4, -0.2) is 22.3 Å². The van der Waals surface area contributed by atoms with Gasteiger partial charge in [0, 0.05) is 0 Å². The zero-order valence-electron chi connectivity index (χ0n) is 10.2. The zero-order chi connectivity index (χ0) is 14.5. The van der Waals surface area contributed by atoms with Crippen molar-refractivity contribution < 1.29 is 24.5 Å². The lowest BCUT2D eigenvalue weighted by Gasteiger charge is -2.08. The van der Waals surface area contributed by atoms with Gasteiger partial charge in [-0.3, -0.25) is 5.32 Å². The van der Waals surface area contributed by atoms with E-state index in [-0.39, 0.29) is 17.0 Å². The Morgan fingerprint density at radius 1 is 1.05 bits per heavy atom. The number of hydrogen-bond acceptors (Lipinski definition) is 4. The molecule has 0 aromatic heterocycles. The van der Waals surface area contributed by atoms with Gasteiger partial charge in [-0.1, -0.05) is 18.2 Å². The third-order valence-corrected chi connectivity index (χ3v) is 2.44. The molecule has 0 atom stereocenters. The van der Waals surface area contributed by atoms with Gasteiger partial charge in [0.1, 0.15) is 11.5 Å². The van der Waals surface area contributed by atoms with Gasteiger partial charge in [0.2, 0.25) is 0 Å². The summed E-state index contributed by atoms with van der Waals surface area (Å²) in [5.41, 5.74) is -0.0135. The monoisotopic (exact) mass is 273 g/mol. The van der Waals surface area contributed by atoms with Gasteiger partial charge in [-0.15, -0.1) is 0 Å². The number of benzene rings is 2. The van der Waals surface area contributed by atoms with Crippen LogP contribution >= 0.6 is 0 Å². The molecule has 2 rings (SSSR count). The van der Waals surface area contributed by atoms with E-state index in [0.29, 0.717) is 5.75 Å². The van der Waals surface area contributed by atoms with E-state index < -0.39 is 12.1 Å². The van der Waals surface area contributed by atoms with E-state index in [9.17, 15) is 14.7 Å². The molecule has 6 heteroatoms. The van der Waals surface area contributed by atoms with Crippen molar-refractivity contribution in [3.8, 4) is 11.5 Å². The van der Waals surface area contributed by atoms with Crippen molar-refractivity contribution in [1.82, 2.24) is 0 Å². The molecule has 0 spiro atoms. The fourth-order valence-electron chi connectivity index (χ4n) is 1.50. The smallest absolute Gasteiger partial charge is 0.417 e. The Morgan fingerprint density at radius 2 is 1.75 bits per heavy atom. The summed E-state index contributed by atoms with van der Waals surface area (Å²) in [7, 11) is 0. The minimum absolute atomic E-state index is 0.0657. The number of carbonyl (C=O) groups is 2. The van der Waals surface area contributed by atoms with Crippen LogP contribution in [0, 0.1) is 0 Å². The van der Waals surface area contributed by atoms with E-state index in [1.54, 1.807) is 30.3 Å². The van der Waals surface area contributed by atoms with Gasteiger partial charge in [-0.25, -0.2) is 9.59 Å². The lowest BCUT2D eigenvalue weighted by atomic mass is 10.2. The number of rotatable bonds is 3. The lowest BCUT2D eigenvalue weighted by Crippen LogP contribution is -2.16. The molecule has 0 aliphatic carbocycles. The van der Waals surface area contributed by atoms with Crippen LogP contribution in [0.3, 0.4) is 0 Å². The average Bonchev–Trinajstić information content (AvgIpc) is 2.42. The maximum Gasteiger partial charge on any atom is 0.417 e. The number of phenols is 1. The molecule has 2 aromatic carbocycles. The highest BCUT2D eigenvalue weighted by molar-refractivity contribution is 5.92. The SMILES string of the molecule is O=C(Nc1ccc(C(=O)O)cc1O)Oc1ccccc1. The van der Waals surface area contributed by atoms with Gasteiger partial charge in [-0.2, -0.15) is 0 Å². The predicted molar refractivity (Wildman–Crippen MR) is 71.2 cm³/mol. The Bertz CT molecular complexity index is 639. The van der Waals surface area contributed by atoms with Crippen molar-refractivity contribution in [2.75, 3.05) is 5.32 Å². The van der Waals surface area contributed by atoms with Gasteiger partial charge in [0.15, 0.2) is 0 Å². The van der Waals surface area contributed by atoms with Crippen molar-refractivity contribution in [1.29, 1.82) is 0 Å². The van der Waals surface area contributed by atoms with E-state index in [1.165, 1.54) is 12.1 Å². The molecule has 0 aliphatic rings. The number of carbonyl (C=O) groups excluding carboxylic acids is 1. The first-order valence-corrected chi connectivity index (χ1v) is 5.66. The van der Waals surface area contributed by atoms with E-state index in [0.717, 1.165) is 6.07 Å². The van der Waals surface area contributed by atoms with Crippen molar-refractivity contribution in [3.05, 3.63) is 54.1 Å². The van der Waals surface area contributed by atoms with E-state index in [4.69, 9.17) is 9.84 Å². The Morgan fingerprint density at radius 3 is 2.35 bits per heavy atom. The molecule has 0 aliphatic heterocycles. The molecule has 0 heterocycles. The largest absolute Gasteiger partial charge is 0.506 e. The van der Waals surface area contributed by atoms with Crippen molar-refractivity contribution in [3.63, 3.8) is 0 Å². The van der Waals surface area contributed by atoms with E-state index in [1.807, 2.05) is 0 Å². The Kier molecular flexibility index (Phi) is 3.85. The van der Waals surface area contributed by atoms with Crippen molar-refractivity contribution >= 4 is 17.7 Å². The molecule has 0 saturated carbocycles. The molecule has 1 amide bonds. The number of aromatic carboxylic acids is 1. The highest BCUT2D eigenvalue weighted by atomic mass is 16.6. The summed E-state index contributed by atoms with van der Waals surface area (Å²) < 4.78 is 4.97. The van der Waals surface area contributed by atoms with Crippen LogP contribution in [0.2, 0.25) is 0 Å². The summed E-state index contributed by atoms with van der Waals surface area (Å²) in [4.78, 5) is 22.3. The Labute approximate surface area is 114 Å². The first-order valence-electron chi connectivity index (χ1n) is 5.66. The molecule has 3 N–H and O–H groups in total. The number of carboxylic acid groups (broad SMARTS) is 1. The predicted octanol–water partition coefficient (Wildman–Crippen LogP) is 2.70. The van der Waals surface area contributed by atoms with E-state index >= 15 is 0 Å². The number of carboxylic acids is 1. The first-order chi connectivity index (χ1) is 9.56. The molecule has 0 unspecified atom stereocenters. The molecular weight excluding hydrogens is 262 g/mol. The minimum atomic E-state index is -1.17. The van der Waals surface area contributed by atoms with Crippen molar-refractivity contribution in [2.24, 2.45) is 0 Å². The Hall–Kier alpha value is -3.02. The Balaban J connectivity index is 2.06. The zero-order valence-corrected chi connectivity index (χ0v) is 10.2. The van der Waals surface area contributed by atoms with Crippen LogP contribution in [0.15, 0.2) is 48.5 Å². The number of aromatic hydroxyl groups is 1. The molecular formula is C14H11NO5. The summed E-state index contributed by atoms with van der Waals surface area (Å²) in [6.07, 6.45) is -0.783. The van der Waals surface area contributed by atoms with Gasteiger partial charge in [0.25, 0.3) is 0 Å². The molecule has 0 bridgehead atoms. The van der Waals surface area contributed by atoms with Crippen LogP contribution in [0.4, 0.5) is 10.5 Å². The number of ether oxygens (including phenoxy) is 1. The molecule has 0 radical (unpaired) electrons. The molecule has 2 aromatic rings. The number of para-hydroxylation sites is 1. The van der Waals surface area contributed by atoms with Crippen LogP contribution in [0.1, 0.15) is 10.4 Å². The highest BCUT2D eigenvalue weighted by Gasteiger charge is 2.11. The number of nitrogens with one attached hydrogen (secondary N) is 1. The van der Waals surface area contributed by atoms with E-state index in [2.05, 4.69) is 5.32 Å². The number of phenolic OH excluding ortho intramolecular Hbond substituents is 1. The van der Waals surface area contributed by atoms with Crippen LogP contribution in [0.5, 0.6) is 11.5 Å². The quantitative estimate of drug-likeness (QED) is 0.747. The summed E-state index contributed by atoms with van der Waals surface area (Å²) in [5, 5.41) is 20.7. The van der Waals surface area contributed by atoms with Gasteiger partial charge in [0.05, 0.1) is 11.3 Å². The first kappa shape index (κ1) is 13.4. The lowest BCUT2D eigenvalue weighted by molar-refractivity contribution is 0.0696. The maximum atomic E-state index is 11.6. The van der Waals surface area contributed by atoms with Crippen LogP contribution < -0.4 is 10.1 Å². The summed E-state index contributed by atoms with van der Waals surface area (Å²) in [6.45, 7) is 0. The molecule has 102 valence electrons. The van der Waals surface area contributed by atoms with Gasteiger partial charge < -0.3 is 14.9 Å². The molecule has 0 fully saturated rings. The molecule has 0 saturated heterocycles. The molecule has 20 heavy (non-hydrogen) atoms. The maximum absolute atomic E-state index is 11.6. The molecule has 6 nitrogen and oxygen atoms in total. The minimum Gasteiger partial charge on any atom is -0.506 e. The summed E-state index contributed by atoms with van der Waals surface area (Å²) in [6, 6.07) is 12.0. The fraction of sp³-hybridized carbons (Fsp3) is 0. The van der Waals surface area contributed by atoms with Gasteiger partial charge >= 0.3 is 12.1 Å². The number of anilines is 1. The van der Waals surface area contributed by atoms with Crippen LogP contribution in [-0.2, 0) is 0 Å². The fourth-order valence-corrected chi connectivity index (χ4v) is 1.50. The topological polar surface area (TPSA) is 95.9 Å². The summed E-state index contributed by atoms with van der Waals surface area (Å²) >= 11 is 0. The second-order valence-corrected chi connectivity index (χ2v) is 3.86. The highest BCUT2D eigenvalue weighted by Crippen LogP contribution is 2.24. The second-order valence-electron chi connectivity index (χ2n) is 3.86.